The molecule has 1 saturated heterocycles. The number of carboxylic acids is 1. The van der Waals surface area contributed by atoms with Gasteiger partial charge in [-0.15, -0.1) is 0 Å². The first-order chi connectivity index (χ1) is 18.4. The van der Waals surface area contributed by atoms with Crippen molar-refractivity contribution in [2.75, 3.05) is 33.5 Å². The SMILES string of the molecule is COc1ccc(C(C)C)cc1CN(Cc1cccc(CN2[SH4]CCC2C(=O)O)c1)[C@H](CN(C)C)CC(C)(C)C. The average Bonchev–Trinajstić information content (AvgIpc) is 3.30. The van der Waals surface area contributed by atoms with Gasteiger partial charge < -0.3 is 14.7 Å². The first-order valence-corrected chi connectivity index (χ1v) is 16.1. The van der Waals surface area contributed by atoms with Crippen LogP contribution in [-0.4, -0.2) is 70.8 Å². The summed E-state index contributed by atoms with van der Waals surface area (Å²) in [6, 6.07) is 15.5. The van der Waals surface area contributed by atoms with Gasteiger partial charge in [-0.05, 0) is 66.8 Å². The monoisotopic (exact) mass is 559 g/mol. The Morgan fingerprint density at radius 1 is 1.13 bits per heavy atom. The zero-order valence-corrected chi connectivity index (χ0v) is 26.9. The number of hydrogen-bond acceptors (Lipinski definition) is 5. The van der Waals surface area contributed by atoms with E-state index in [1.165, 1.54) is 22.3 Å². The molecule has 6 nitrogen and oxygen atoms in total. The number of carbonyl (C=O) groups is 1. The van der Waals surface area contributed by atoms with Crippen LogP contribution in [0.3, 0.4) is 0 Å². The predicted octanol–water partition coefficient (Wildman–Crippen LogP) is 5.42. The molecule has 0 radical (unpaired) electrons. The summed E-state index contributed by atoms with van der Waals surface area (Å²) in [5.74, 6) is 1.81. The summed E-state index contributed by atoms with van der Waals surface area (Å²) in [7, 11) is 6.08. The van der Waals surface area contributed by atoms with Crippen LogP contribution in [-0.2, 0) is 24.4 Å². The van der Waals surface area contributed by atoms with Crippen molar-refractivity contribution in [2.45, 2.75) is 85.1 Å². The highest BCUT2D eigenvalue weighted by molar-refractivity contribution is 7.97. The maximum absolute atomic E-state index is 11.7. The summed E-state index contributed by atoms with van der Waals surface area (Å²) in [4.78, 5) is 16.7. The first kappa shape index (κ1) is 31.5. The average molecular weight is 560 g/mol. The van der Waals surface area contributed by atoms with Crippen LogP contribution in [0.2, 0.25) is 0 Å². The van der Waals surface area contributed by atoms with Crippen LogP contribution in [0.15, 0.2) is 42.5 Å². The molecule has 2 aromatic carbocycles. The summed E-state index contributed by atoms with van der Waals surface area (Å²) in [6.45, 7) is 14.8. The Morgan fingerprint density at radius 3 is 2.46 bits per heavy atom. The third kappa shape index (κ3) is 9.52. The van der Waals surface area contributed by atoms with Gasteiger partial charge in [-0.2, -0.15) is 0 Å². The third-order valence-electron chi connectivity index (χ3n) is 7.70. The number of hydrogen-bond donors (Lipinski definition) is 1. The Bertz CT molecular complexity index is 1080. The van der Waals surface area contributed by atoms with Gasteiger partial charge in [0, 0.05) is 37.8 Å². The largest absolute Gasteiger partial charge is 0.496 e. The van der Waals surface area contributed by atoms with E-state index in [1.54, 1.807) is 7.11 Å². The van der Waals surface area contributed by atoms with E-state index in [2.05, 4.69) is 105 Å². The topological polar surface area (TPSA) is 56.3 Å². The highest BCUT2D eigenvalue weighted by atomic mass is 32.2. The molecule has 1 heterocycles. The standard InChI is InChI=1S/C32H53N3O3S/c1-23(2)26-12-13-30(38-8)27(17-26)21-34(28(22-33(6)7)18-32(3,4)5)19-24-10-9-11-25(16-24)20-35-29(31(36)37)14-15-39-35/h9-13,16-17,23,28-29H,14-15,18-22H2,1-8H3,39H4,(H,36,37)/t28-,29?/m0/s1. The molecule has 0 bridgehead atoms. The third-order valence-corrected chi connectivity index (χ3v) is 9.66. The van der Waals surface area contributed by atoms with Gasteiger partial charge in [-0.25, -0.2) is 0 Å². The second-order valence-electron chi connectivity index (χ2n) is 13.1. The fraction of sp³-hybridized carbons (Fsp3) is 0.594. The van der Waals surface area contributed by atoms with Gasteiger partial charge in [0.25, 0.3) is 0 Å². The number of carboxylic acid groups (broad SMARTS) is 1. The molecule has 0 saturated carbocycles. The molecular weight excluding hydrogens is 506 g/mol. The van der Waals surface area contributed by atoms with Gasteiger partial charge in [0.1, 0.15) is 11.8 Å². The molecule has 0 aromatic heterocycles. The Morgan fingerprint density at radius 2 is 1.85 bits per heavy atom. The zero-order valence-electron chi connectivity index (χ0n) is 25.5. The van der Waals surface area contributed by atoms with Crippen molar-refractivity contribution in [3.8, 4) is 5.75 Å². The molecule has 1 unspecified atom stereocenters. The highest BCUT2D eigenvalue weighted by Gasteiger charge is 2.29. The van der Waals surface area contributed by atoms with E-state index in [0.717, 1.165) is 50.5 Å². The van der Waals surface area contributed by atoms with Crippen molar-refractivity contribution in [3.63, 3.8) is 0 Å². The molecule has 2 atom stereocenters. The maximum Gasteiger partial charge on any atom is 0.321 e. The van der Waals surface area contributed by atoms with Crippen LogP contribution in [0.1, 0.15) is 75.6 Å². The minimum Gasteiger partial charge on any atom is -0.496 e. The first-order valence-electron chi connectivity index (χ1n) is 14.5. The second-order valence-corrected chi connectivity index (χ2v) is 15.1. The molecule has 0 aliphatic carbocycles. The van der Waals surface area contributed by atoms with E-state index in [4.69, 9.17) is 4.74 Å². The van der Waals surface area contributed by atoms with Crippen LogP contribution in [0, 0.1) is 5.41 Å². The lowest BCUT2D eigenvalue weighted by molar-refractivity contribution is -0.141. The number of nitrogens with zero attached hydrogens (tertiary/aromatic N) is 3. The molecule has 3 rings (SSSR count). The fourth-order valence-electron chi connectivity index (χ4n) is 5.84. The predicted molar refractivity (Wildman–Crippen MR) is 169 cm³/mol. The van der Waals surface area contributed by atoms with Crippen LogP contribution in [0.25, 0.3) is 0 Å². The molecule has 1 aliphatic heterocycles. The van der Waals surface area contributed by atoms with Gasteiger partial charge >= 0.3 is 5.97 Å². The summed E-state index contributed by atoms with van der Waals surface area (Å²) in [6.07, 6.45) is 1.88. The smallest absolute Gasteiger partial charge is 0.321 e. The molecule has 0 spiro atoms. The van der Waals surface area contributed by atoms with Crippen molar-refractivity contribution in [3.05, 3.63) is 64.7 Å². The van der Waals surface area contributed by atoms with Crippen LogP contribution >= 0.6 is 11.9 Å². The van der Waals surface area contributed by atoms with Crippen LogP contribution < -0.4 is 4.74 Å². The van der Waals surface area contributed by atoms with E-state index in [0.29, 0.717) is 12.0 Å². The summed E-state index contributed by atoms with van der Waals surface area (Å²) in [5, 5.41) is 9.66. The molecule has 1 fully saturated rings. The number of rotatable bonds is 13. The van der Waals surface area contributed by atoms with E-state index in [1.807, 2.05) is 0 Å². The Kier molecular flexibility index (Phi) is 11.3. The van der Waals surface area contributed by atoms with Gasteiger partial charge in [0.05, 0.1) is 7.11 Å². The Labute approximate surface area is 240 Å². The van der Waals surface area contributed by atoms with Crippen molar-refractivity contribution < 1.29 is 14.6 Å². The number of ether oxygens (including phenoxy) is 1. The van der Waals surface area contributed by atoms with Gasteiger partial charge in [0.15, 0.2) is 0 Å². The Hall–Kier alpha value is -2.06. The summed E-state index contributed by atoms with van der Waals surface area (Å²) < 4.78 is 8.08. The van der Waals surface area contributed by atoms with Crippen molar-refractivity contribution in [1.82, 2.24) is 14.1 Å². The lowest BCUT2D eigenvalue weighted by Crippen LogP contribution is -2.43. The Balaban J connectivity index is 1.94. The number of benzene rings is 2. The maximum atomic E-state index is 11.7. The minimum atomic E-state index is -0.673. The van der Waals surface area contributed by atoms with E-state index in [9.17, 15) is 9.90 Å². The molecule has 220 valence electrons. The quantitative estimate of drug-likeness (QED) is 0.354. The van der Waals surface area contributed by atoms with E-state index >= 15 is 0 Å². The molecule has 7 heteroatoms. The zero-order chi connectivity index (χ0) is 28.7. The summed E-state index contributed by atoms with van der Waals surface area (Å²) in [5.41, 5.74) is 5.24. The number of aliphatic carboxylic acids is 1. The molecule has 1 N–H and O–H groups in total. The molecule has 1 aliphatic rings. The van der Waals surface area contributed by atoms with Crippen molar-refractivity contribution in [2.24, 2.45) is 5.41 Å². The van der Waals surface area contributed by atoms with Gasteiger partial charge in [-0.3, -0.25) is 25.9 Å². The lowest BCUT2D eigenvalue weighted by Gasteiger charge is -2.38. The van der Waals surface area contributed by atoms with E-state index in [-0.39, 0.29) is 11.5 Å². The molecule has 2 aromatic rings. The fourth-order valence-corrected chi connectivity index (χ4v) is 7.88. The van der Waals surface area contributed by atoms with Crippen molar-refractivity contribution >= 4 is 17.9 Å². The van der Waals surface area contributed by atoms with Gasteiger partial charge in [-0.1, -0.05) is 71.0 Å². The van der Waals surface area contributed by atoms with Crippen molar-refractivity contribution in [1.29, 1.82) is 0 Å². The number of methoxy groups -OCH3 is 1. The van der Waals surface area contributed by atoms with E-state index < -0.39 is 17.9 Å². The second kappa shape index (κ2) is 14.0. The normalized spacial score (nSPS) is 17.6. The summed E-state index contributed by atoms with van der Waals surface area (Å²) >= 11 is -0.491. The molecular formula is C32H53N3O3S. The van der Waals surface area contributed by atoms with Gasteiger partial charge in [0.2, 0.25) is 0 Å². The minimum absolute atomic E-state index is 0.191. The molecule has 0 amide bonds. The number of likely N-dealkylation sites (N-methyl/N-ethyl adjacent to an activating group) is 1. The lowest BCUT2D eigenvalue weighted by atomic mass is 9.86. The van der Waals surface area contributed by atoms with Crippen LogP contribution in [0.4, 0.5) is 0 Å². The highest BCUT2D eigenvalue weighted by Crippen LogP contribution is 2.32. The molecule has 39 heavy (non-hydrogen) atoms. The van der Waals surface area contributed by atoms with Crippen LogP contribution in [0.5, 0.6) is 5.75 Å².